The lowest BCUT2D eigenvalue weighted by molar-refractivity contribution is -0.141. The Kier molecular flexibility index (Phi) is 3.41. The van der Waals surface area contributed by atoms with Crippen molar-refractivity contribution in [2.45, 2.75) is 32.2 Å². The Bertz CT molecular complexity index is 703. The number of aryl methyl sites for hydroxylation is 1. The molecular weight excluding hydrogens is 270 g/mol. The Morgan fingerprint density at radius 2 is 2.10 bits per heavy atom. The number of amides is 1. The SMILES string of the molecule is Cc1ccc2oc(C(=O)N[C@@H]3CC[C@H](C(=O)O)C3)cc2c1. The first-order valence-electron chi connectivity index (χ1n) is 7.07. The molecular formula is C16H17NO4. The van der Waals surface area contributed by atoms with E-state index in [0.717, 1.165) is 10.9 Å². The maximum absolute atomic E-state index is 12.2. The molecule has 0 aliphatic heterocycles. The van der Waals surface area contributed by atoms with E-state index in [-0.39, 0.29) is 23.6 Å². The van der Waals surface area contributed by atoms with E-state index in [1.54, 1.807) is 6.07 Å². The highest BCUT2D eigenvalue weighted by Gasteiger charge is 2.31. The molecule has 5 heteroatoms. The van der Waals surface area contributed by atoms with Crippen LogP contribution in [0.4, 0.5) is 0 Å². The Morgan fingerprint density at radius 1 is 1.29 bits per heavy atom. The summed E-state index contributed by atoms with van der Waals surface area (Å²) in [4.78, 5) is 23.1. The first kappa shape index (κ1) is 13.7. The van der Waals surface area contributed by atoms with E-state index in [2.05, 4.69) is 5.32 Å². The summed E-state index contributed by atoms with van der Waals surface area (Å²) in [6, 6.07) is 7.38. The van der Waals surface area contributed by atoms with Gasteiger partial charge in [-0.1, -0.05) is 11.6 Å². The Labute approximate surface area is 121 Å². The van der Waals surface area contributed by atoms with Gasteiger partial charge in [-0.15, -0.1) is 0 Å². The molecule has 5 nitrogen and oxygen atoms in total. The smallest absolute Gasteiger partial charge is 0.306 e. The third kappa shape index (κ3) is 2.77. The molecule has 2 aromatic rings. The zero-order valence-electron chi connectivity index (χ0n) is 11.8. The van der Waals surface area contributed by atoms with Crippen LogP contribution in [-0.4, -0.2) is 23.0 Å². The molecule has 1 saturated carbocycles. The van der Waals surface area contributed by atoms with E-state index in [9.17, 15) is 9.59 Å². The maximum Gasteiger partial charge on any atom is 0.306 e. The molecule has 1 aromatic heterocycles. The van der Waals surface area contributed by atoms with Crippen LogP contribution in [0.25, 0.3) is 11.0 Å². The van der Waals surface area contributed by atoms with Crippen LogP contribution in [-0.2, 0) is 4.79 Å². The standard InChI is InChI=1S/C16H17NO4/c1-9-2-5-13-11(6-9)8-14(21-13)15(18)17-12-4-3-10(7-12)16(19)20/h2,5-6,8,10,12H,3-4,7H2,1H3,(H,17,18)(H,19,20)/t10-,12+/m0/s1. The van der Waals surface area contributed by atoms with Crippen LogP contribution in [0.2, 0.25) is 0 Å². The number of fused-ring (bicyclic) bond motifs is 1. The zero-order valence-corrected chi connectivity index (χ0v) is 11.8. The van der Waals surface area contributed by atoms with Gasteiger partial charge in [0.05, 0.1) is 5.92 Å². The van der Waals surface area contributed by atoms with Gasteiger partial charge in [0.2, 0.25) is 0 Å². The molecule has 0 radical (unpaired) electrons. The number of carbonyl (C=O) groups is 2. The molecule has 1 fully saturated rings. The number of carboxylic acid groups (broad SMARTS) is 1. The van der Waals surface area contributed by atoms with Crippen molar-refractivity contribution in [1.82, 2.24) is 5.32 Å². The second-order valence-electron chi connectivity index (χ2n) is 5.67. The number of carboxylic acids is 1. The number of hydrogen-bond donors (Lipinski definition) is 2. The van der Waals surface area contributed by atoms with Crippen LogP contribution >= 0.6 is 0 Å². The minimum absolute atomic E-state index is 0.0893. The van der Waals surface area contributed by atoms with Crippen molar-refractivity contribution in [2.75, 3.05) is 0 Å². The molecule has 0 bridgehead atoms. The van der Waals surface area contributed by atoms with Crippen molar-refractivity contribution in [3.8, 4) is 0 Å². The zero-order chi connectivity index (χ0) is 15.0. The lowest BCUT2D eigenvalue weighted by Crippen LogP contribution is -2.33. The van der Waals surface area contributed by atoms with Gasteiger partial charge < -0.3 is 14.8 Å². The molecule has 0 unspecified atom stereocenters. The molecule has 1 aromatic carbocycles. The van der Waals surface area contributed by atoms with Crippen molar-refractivity contribution in [3.05, 3.63) is 35.6 Å². The van der Waals surface area contributed by atoms with Gasteiger partial charge in [-0.05, 0) is 44.4 Å². The largest absolute Gasteiger partial charge is 0.481 e. The number of benzene rings is 1. The van der Waals surface area contributed by atoms with Gasteiger partial charge in [-0.25, -0.2) is 0 Å². The highest BCUT2D eigenvalue weighted by molar-refractivity contribution is 5.96. The molecule has 110 valence electrons. The summed E-state index contributed by atoms with van der Waals surface area (Å²) in [6.45, 7) is 1.98. The number of hydrogen-bond acceptors (Lipinski definition) is 3. The highest BCUT2D eigenvalue weighted by Crippen LogP contribution is 2.26. The Morgan fingerprint density at radius 3 is 2.81 bits per heavy atom. The molecule has 1 heterocycles. The lowest BCUT2D eigenvalue weighted by atomic mass is 10.1. The van der Waals surface area contributed by atoms with E-state index >= 15 is 0 Å². The van der Waals surface area contributed by atoms with E-state index < -0.39 is 5.97 Å². The van der Waals surface area contributed by atoms with Crippen LogP contribution in [0.3, 0.4) is 0 Å². The Hall–Kier alpha value is -2.30. The normalized spacial score (nSPS) is 21.6. The third-order valence-electron chi connectivity index (χ3n) is 4.01. The minimum Gasteiger partial charge on any atom is -0.481 e. The van der Waals surface area contributed by atoms with E-state index in [0.29, 0.717) is 24.8 Å². The summed E-state index contributed by atoms with van der Waals surface area (Å²) in [5.74, 6) is -1.14. The predicted molar refractivity (Wildman–Crippen MR) is 77.2 cm³/mol. The fourth-order valence-electron chi connectivity index (χ4n) is 2.87. The fourth-order valence-corrected chi connectivity index (χ4v) is 2.87. The molecule has 21 heavy (non-hydrogen) atoms. The highest BCUT2D eigenvalue weighted by atomic mass is 16.4. The molecule has 2 atom stereocenters. The number of rotatable bonds is 3. The predicted octanol–water partition coefficient (Wildman–Crippen LogP) is 2.72. The molecule has 0 saturated heterocycles. The van der Waals surface area contributed by atoms with E-state index in [1.807, 2.05) is 25.1 Å². The van der Waals surface area contributed by atoms with Crippen LogP contribution in [0.15, 0.2) is 28.7 Å². The first-order chi connectivity index (χ1) is 10.0. The summed E-state index contributed by atoms with van der Waals surface area (Å²) in [7, 11) is 0. The number of carbonyl (C=O) groups excluding carboxylic acids is 1. The maximum atomic E-state index is 12.2. The molecule has 0 spiro atoms. The molecule has 3 rings (SSSR count). The second kappa shape index (κ2) is 5.24. The van der Waals surface area contributed by atoms with Gasteiger partial charge in [0.15, 0.2) is 5.76 Å². The monoisotopic (exact) mass is 287 g/mol. The summed E-state index contributed by atoms with van der Waals surface area (Å²) in [5, 5.41) is 12.7. The van der Waals surface area contributed by atoms with E-state index in [1.165, 1.54) is 0 Å². The molecule has 1 aliphatic rings. The van der Waals surface area contributed by atoms with Crippen molar-refractivity contribution in [3.63, 3.8) is 0 Å². The molecule has 1 aliphatic carbocycles. The lowest BCUT2D eigenvalue weighted by Gasteiger charge is -2.10. The summed E-state index contributed by atoms with van der Waals surface area (Å²) in [5.41, 5.74) is 1.79. The van der Waals surface area contributed by atoms with Crippen LogP contribution in [0.1, 0.15) is 35.4 Å². The quantitative estimate of drug-likeness (QED) is 0.909. The second-order valence-corrected chi connectivity index (χ2v) is 5.67. The van der Waals surface area contributed by atoms with Gasteiger partial charge >= 0.3 is 5.97 Å². The van der Waals surface area contributed by atoms with Crippen molar-refractivity contribution < 1.29 is 19.1 Å². The van der Waals surface area contributed by atoms with Gasteiger partial charge in [-0.2, -0.15) is 0 Å². The molecule has 1 amide bonds. The number of nitrogens with one attached hydrogen (secondary N) is 1. The van der Waals surface area contributed by atoms with Crippen LogP contribution in [0.5, 0.6) is 0 Å². The van der Waals surface area contributed by atoms with Crippen molar-refractivity contribution in [2.24, 2.45) is 5.92 Å². The van der Waals surface area contributed by atoms with Crippen molar-refractivity contribution >= 4 is 22.8 Å². The summed E-state index contributed by atoms with van der Waals surface area (Å²) < 4.78 is 5.54. The first-order valence-corrected chi connectivity index (χ1v) is 7.07. The van der Waals surface area contributed by atoms with Gasteiger partial charge in [0.25, 0.3) is 5.91 Å². The van der Waals surface area contributed by atoms with Crippen LogP contribution < -0.4 is 5.32 Å². The van der Waals surface area contributed by atoms with E-state index in [4.69, 9.17) is 9.52 Å². The topological polar surface area (TPSA) is 79.5 Å². The van der Waals surface area contributed by atoms with Crippen LogP contribution in [0, 0.1) is 12.8 Å². The summed E-state index contributed by atoms with van der Waals surface area (Å²) in [6.07, 6.45) is 1.79. The minimum atomic E-state index is -0.786. The van der Waals surface area contributed by atoms with Crippen molar-refractivity contribution in [1.29, 1.82) is 0 Å². The van der Waals surface area contributed by atoms with Gasteiger partial charge in [-0.3, -0.25) is 9.59 Å². The third-order valence-corrected chi connectivity index (χ3v) is 4.01. The average molecular weight is 287 g/mol. The van der Waals surface area contributed by atoms with Gasteiger partial charge in [0.1, 0.15) is 5.58 Å². The molecule has 2 N–H and O–H groups in total. The van der Waals surface area contributed by atoms with Gasteiger partial charge in [0, 0.05) is 11.4 Å². The fraction of sp³-hybridized carbons (Fsp3) is 0.375. The number of furan rings is 1. The Balaban J connectivity index is 1.71. The average Bonchev–Trinajstić information content (AvgIpc) is 3.04. The number of aliphatic carboxylic acids is 1. The summed E-state index contributed by atoms with van der Waals surface area (Å²) >= 11 is 0.